The molecule has 4 heterocycles. The Kier molecular flexibility index (Phi) is 5.03. The molecule has 0 amide bonds. The first kappa shape index (κ1) is 18.5. The summed E-state index contributed by atoms with van der Waals surface area (Å²) in [6, 6.07) is 5.22. The predicted octanol–water partition coefficient (Wildman–Crippen LogP) is 3.32. The quantitative estimate of drug-likeness (QED) is 0.676. The summed E-state index contributed by atoms with van der Waals surface area (Å²) in [5.41, 5.74) is 2.12. The minimum atomic E-state index is -4.67. The van der Waals surface area contributed by atoms with Crippen LogP contribution in [0.15, 0.2) is 41.4 Å². The van der Waals surface area contributed by atoms with Crippen LogP contribution in [0.3, 0.4) is 0 Å². The second kappa shape index (κ2) is 7.63. The third kappa shape index (κ3) is 4.16. The monoisotopic (exact) mass is 390 g/mol. The first-order valence-corrected chi connectivity index (χ1v) is 8.83. The molecule has 0 unspecified atom stereocenters. The molecule has 0 bridgehead atoms. The van der Waals surface area contributed by atoms with Crippen molar-refractivity contribution in [2.45, 2.75) is 31.5 Å². The molecule has 0 N–H and O–H groups in total. The largest absolute Gasteiger partial charge is 0.471 e. The number of alkyl halides is 3. The first-order chi connectivity index (χ1) is 13.5. The highest BCUT2D eigenvalue weighted by molar-refractivity contribution is 5.48. The van der Waals surface area contributed by atoms with Gasteiger partial charge in [-0.05, 0) is 31.5 Å². The molecule has 0 radical (unpaired) electrons. The van der Waals surface area contributed by atoms with Gasteiger partial charge in [-0.1, -0.05) is 11.2 Å². The number of halogens is 3. The standard InChI is InChI=1S/C18H17F3N6O/c19-18(20,21)17-25-16(26-28-17)15-5-1-4-14(24-15)13-3-2-6-27(10-13)9-12-7-22-11-23-8-12/h1,4-5,7-8,11,13H,2-3,6,9-10H2/t13-/m0/s1. The van der Waals surface area contributed by atoms with Crippen LogP contribution in [0.2, 0.25) is 0 Å². The molecule has 0 spiro atoms. The first-order valence-electron chi connectivity index (χ1n) is 8.83. The van der Waals surface area contributed by atoms with Gasteiger partial charge in [0.25, 0.3) is 0 Å². The van der Waals surface area contributed by atoms with Crippen molar-refractivity contribution in [3.63, 3.8) is 0 Å². The van der Waals surface area contributed by atoms with Gasteiger partial charge >= 0.3 is 12.1 Å². The van der Waals surface area contributed by atoms with Gasteiger partial charge in [-0.25, -0.2) is 15.0 Å². The number of pyridine rings is 1. The van der Waals surface area contributed by atoms with Gasteiger partial charge in [0.15, 0.2) is 0 Å². The number of hydrogen-bond donors (Lipinski definition) is 0. The number of aromatic nitrogens is 5. The van der Waals surface area contributed by atoms with Crippen molar-refractivity contribution in [3.05, 3.63) is 54.1 Å². The average molecular weight is 390 g/mol. The number of piperidine rings is 1. The normalized spacial score (nSPS) is 18.3. The van der Waals surface area contributed by atoms with E-state index >= 15 is 0 Å². The number of hydrogen-bond acceptors (Lipinski definition) is 7. The topological polar surface area (TPSA) is 80.8 Å². The Morgan fingerprint density at radius 1 is 1.14 bits per heavy atom. The molecular formula is C18H17F3N6O. The van der Waals surface area contributed by atoms with E-state index in [2.05, 4.69) is 34.5 Å². The zero-order valence-corrected chi connectivity index (χ0v) is 14.8. The lowest BCUT2D eigenvalue weighted by atomic mass is 9.94. The van der Waals surface area contributed by atoms with E-state index in [-0.39, 0.29) is 17.4 Å². The maximum atomic E-state index is 12.7. The minimum Gasteiger partial charge on any atom is -0.329 e. The highest BCUT2D eigenvalue weighted by Crippen LogP contribution is 2.30. The summed E-state index contributed by atoms with van der Waals surface area (Å²) in [5, 5.41) is 3.42. The molecule has 1 fully saturated rings. The van der Waals surface area contributed by atoms with E-state index in [1.807, 2.05) is 6.07 Å². The summed E-state index contributed by atoms with van der Waals surface area (Å²) in [6.45, 7) is 2.51. The third-order valence-corrected chi connectivity index (χ3v) is 4.61. The zero-order valence-electron chi connectivity index (χ0n) is 14.8. The second-order valence-corrected chi connectivity index (χ2v) is 6.69. The van der Waals surface area contributed by atoms with E-state index in [1.165, 1.54) is 6.33 Å². The van der Waals surface area contributed by atoms with Gasteiger partial charge in [-0.2, -0.15) is 18.2 Å². The molecule has 1 atom stereocenters. The molecule has 28 heavy (non-hydrogen) atoms. The Hall–Kier alpha value is -2.88. The summed E-state index contributed by atoms with van der Waals surface area (Å²) >= 11 is 0. The summed E-state index contributed by atoms with van der Waals surface area (Å²) in [7, 11) is 0. The zero-order chi connectivity index (χ0) is 19.6. The van der Waals surface area contributed by atoms with Crippen molar-refractivity contribution in [3.8, 4) is 11.5 Å². The van der Waals surface area contributed by atoms with Crippen molar-refractivity contribution in [1.29, 1.82) is 0 Å². The van der Waals surface area contributed by atoms with E-state index in [0.717, 1.165) is 43.7 Å². The van der Waals surface area contributed by atoms with Gasteiger partial charge in [-0.15, -0.1) is 0 Å². The fourth-order valence-electron chi connectivity index (χ4n) is 3.36. The molecule has 4 rings (SSSR count). The van der Waals surface area contributed by atoms with Crippen molar-refractivity contribution in [2.75, 3.05) is 13.1 Å². The van der Waals surface area contributed by atoms with Crippen LogP contribution in [-0.4, -0.2) is 43.1 Å². The molecule has 146 valence electrons. The summed E-state index contributed by atoms with van der Waals surface area (Å²) in [6.07, 6.45) is 2.38. The molecule has 0 aliphatic carbocycles. The molecule has 0 aromatic carbocycles. The molecular weight excluding hydrogens is 373 g/mol. The molecule has 3 aromatic rings. The van der Waals surface area contributed by atoms with E-state index in [4.69, 9.17) is 0 Å². The lowest BCUT2D eigenvalue weighted by Gasteiger charge is -2.32. The Balaban J connectivity index is 1.50. The number of rotatable bonds is 4. The van der Waals surface area contributed by atoms with E-state index < -0.39 is 12.1 Å². The summed E-state index contributed by atoms with van der Waals surface area (Å²) in [5.74, 6) is -1.36. The smallest absolute Gasteiger partial charge is 0.329 e. The molecule has 1 aliphatic heterocycles. The third-order valence-electron chi connectivity index (χ3n) is 4.61. The molecule has 7 nitrogen and oxygen atoms in total. The molecule has 1 saturated heterocycles. The van der Waals surface area contributed by atoms with Gasteiger partial charge in [0.05, 0.1) is 0 Å². The van der Waals surface area contributed by atoms with E-state index in [0.29, 0.717) is 0 Å². The highest BCUT2D eigenvalue weighted by Gasteiger charge is 2.38. The maximum Gasteiger partial charge on any atom is 0.471 e. The highest BCUT2D eigenvalue weighted by atomic mass is 19.4. The van der Waals surface area contributed by atoms with Crippen LogP contribution in [0.25, 0.3) is 11.5 Å². The van der Waals surface area contributed by atoms with Crippen LogP contribution in [0, 0.1) is 0 Å². The predicted molar refractivity (Wildman–Crippen MR) is 91.8 cm³/mol. The van der Waals surface area contributed by atoms with E-state index in [1.54, 1.807) is 24.5 Å². The minimum absolute atomic E-state index is 0.164. The van der Waals surface area contributed by atoms with Crippen molar-refractivity contribution in [1.82, 2.24) is 30.0 Å². The van der Waals surface area contributed by atoms with Crippen LogP contribution in [0.1, 0.15) is 35.9 Å². The summed E-state index contributed by atoms with van der Waals surface area (Å²) < 4.78 is 42.3. The van der Waals surface area contributed by atoms with Crippen molar-refractivity contribution in [2.24, 2.45) is 0 Å². The fourth-order valence-corrected chi connectivity index (χ4v) is 3.36. The molecule has 1 aliphatic rings. The lowest BCUT2D eigenvalue weighted by molar-refractivity contribution is -0.159. The fraction of sp³-hybridized carbons (Fsp3) is 0.389. The van der Waals surface area contributed by atoms with Gasteiger partial charge in [0, 0.05) is 42.7 Å². The molecule has 0 saturated carbocycles. The SMILES string of the molecule is FC(F)(F)c1nc(-c2cccc([C@H]3CCCN(Cc4cncnc4)C3)n2)no1. The van der Waals surface area contributed by atoms with Crippen LogP contribution in [0.5, 0.6) is 0 Å². The Morgan fingerprint density at radius 2 is 1.96 bits per heavy atom. The average Bonchev–Trinajstić information content (AvgIpc) is 3.20. The van der Waals surface area contributed by atoms with Crippen LogP contribution < -0.4 is 0 Å². The van der Waals surface area contributed by atoms with Gasteiger partial charge < -0.3 is 4.52 Å². The lowest BCUT2D eigenvalue weighted by Crippen LogP contribution is -2.34. The molecule has 10 heteroatoms. The van der Waals surface area contributed by atoms with Gasteiger partial charge in [0.2, 0.25) is 5.82 Å². The van der Waals surface area contributed by atoms with Gasteiger partial charge in [0.1, 0.15) is 12.0 Å². The Labute approximate surface area is 158 Å². The second-order valence-electron chi connectivity index (χ2n) is 6.69. The van der Waals surface area contributed by atoms with Crippen molar-refractivity contribution < 1.29 is 17.7 Å². The maximum absolute atomic E-state index is 12.7. The Morgan fingerprint density at radius 3 is 2.71 bits per heavy atom. The summed E-state index contributed by atoms with van der Waals surface area (Å²) in [4.78, 5) is 18.3. The number of likely N-dealkylation sites (tertiary alicyclic amines) is 1. The van der Waals surface area contributed by atoms with Crippen LogP contribution in [-0.2, 0) is 12.7 Å². The van der Waals surface area contributed by atoms with Crippen molar-refractivity contribution >= 4 is 0 Å². The van der Waals surface area contributed by atoms with Gasteiger partial charge in [-0.3, -0.25) is 4.90 Å². The van der Waals surface area contributed by atoms with E-state index in [9.17, 15) is 13.2 Å². The Bertz CT molecular complexity index is 930. The van der Waals surface area contributed by atoms with Crippen LogP contribution in [0.4, 0.5) is 13.2 Å². The number of nitrogens with zero attached hydrogens (tertiary/aromatic N) is 6. The van der Waals surface area contributed by atoms with Crippen LogP contribution >= 0.6 is 0 Å². The molecule has 3 aromatic heterocycles.